The van der Waals surface area contributed by atoms with Gasteiger partial charge >= 0.3 is 5.97 Å². The van der Waals surface area contributed by atoms with E-state index in [1.807, 2.05) is 0 Å². The fraction of sp³-hybridized carbons (Fsp3) is 0.800. The molecule has 6 unspecified atom stereocenters. The normalized spacial score (nSPS) is 44.6. The molecule has 2 aliphatic carbocycles. The van der Waals surface area contributed by atoms with Crippen molar-refractivity contribution in [1.29, 1.82) is 0 Å². The standard InChI is InChI=1S/C15H16F5NO4/c16-8-7(9(17)11(19)12(20)10(8)18)15(24)25-21-13(22)5-3-1-2-4-6(5)14(21)23/h5-12H,1-4H2. The fourth-order valence-corrected chi connectivity index (χ4v) is 3.73. The molecule has 3 aliphatic rings. The van der Waals surface area contributed by atoms with E-state index in [-0.39, 0.29) is 5.06 Å². The summed E-state index contributed by atoms with van der Waals surface area (Å²) in [6.45, 7) is 0. The van der Waals surface area contributed by atoms with Gasteiger partial charge in [0.15, 0.2) is 30.9 Å². The third-order valence-electron chi connectivity index (χ3n) is 5.16. The van der Waals surface area contributed by atoms with Gasteiger partial charge in [0.05, 0.1) is 11.8 Å². The second-order valence-corrected chi connectivity index (χ2v) is 6.63. The first-order chi connectivity index (χ1) is 11.8. The predicted octanol–water partition coefficient (Wildman–Crippen LogP) is 1.94. The van der Waals surface area contributed by atoms with Gasteiger partial charge in [-0.05, 0) is 12.8 Å². The number of alkyl halides is 5. The van der Waals surface area contributed by atoms with Crippen LogP contribution in [-0.2, 0) is 19.2 Å². The molecule has 0 aromatic rings. The van der Waals surface area contributed by atoms with Crippen LogP contribution in [0.5, 0.6) is 0 Å². The monoisotopic (exact) mass is 369 g/mol. The summed E-state index contributed by atoms with van der Waals surface area (Å²) in [4.78, 5) is 40.8. The van der Waals surface area contributed by atoms with E-state index < -0.39 is 66.4 Å². The zero-order chi connectivity index (χ0) is 18.5. The molecule has 10 heteroatoms. The van der Waals surface area contributed by atoms with Crippen molar-refractivity contribution in [1.82, 2.24) is 5.06 Å². The zero-order valence-electron chi connectivity index (χ0n) is 12.9. The maximum Gasteiger partial charge on any atom is 0.342 e. The summed E-state index contributed by atoms with van der Waals surface area (Å²) in [6, 6.07) is 0. The second-order valence-electron chi connectivity index (χ2n) is 6.63. The van der Waals surface area contributed by atoms with Crippen molar-refractivity contribution in [3.63, 3.8) is 0 Å². The van der Waals surface area contributed by atoms with Crippen molar-refractivity contribution in [2.45, 2.75) is 56.5 Å². The molecule has 3 rings (SSSR count). The second kappa shape index (κ2) is 6.53. The average molecular weight is 369 g/mol. The number of hydrogen-bond acceptors (Lipinski definition) is 4. The third-order valence-corrected chi connectivity index (χ3v) is 5.16. The summed E-state index contributed by atoms with van der Waals surface area (Å²) in [5.74, 6) is -7.40. The van der Waals surface area contributed by atoms with Gasteiger partial charge in [-0.3, -0.25) is 9.59 Å². The number of carbonyl (C=O) groups excluding carboxylic acids is 3. The summed E-state index contributed by atoms with van der Waals surface area (Å²) >= 11 is 0. The molecule has 2 amide bonds. The molecule has 0 aromatic carbocycles. The lowest BCUT2D eigenvalue weighted by Crippen LogP contribution is -2.56. The number of halogens is 5. The minimum absolute atomic E-state index is 0.129. The highest BCUT2D eigenvalue weighted by Gasteiger charge is 2.58. The average Bonchev–Trinajstić information content (AvgIpc) is 2.84. The van der Waals surface area contributed by atoms with Crippen LogP contribution in [0.2, 0.25) is 0 Å². The topological polar surface area (TPSA) is 63.7 Å². The van der Waals surface area contributed by atoms with Gasteiger partial charge in [0.2, 0.25) is 0 Å². The number of carbonyl (C=O) groups is 3. The Labute approximate surface area is 139 Å². The largest absolute Gasteiger partial charge is 0.342 e. The van der Waals surface area contributed by atoms with E-state index in [9.17, 15) is 36.3 Å². The van der Waals surface area contributed by atoms with Gasteiger partial charge < -0.3 is 4.84 Å². The molecule has 0 aromatic heterocycles. The summed E-state index contributed by atoms with van der Waals surface area (Å²) in [6.07, 6.45) is -12.9. The van der Waals surface area contributed by atoms with Crippen molar-refractivity contribution in [3.8, 4) is 0 Å². The molecule has 5 nitrogen and oxygen atoms in total. The zero-order valence-corrected chi connectivity index (χ0v) is 12.9. The Morgan fingerprint density at radius 3 is 1.64 bits per heavy atom. The lowest BCUT2D eigenvalue weighted by Gasteiger charge is -2.34. The van der Waals surface area contributed by atoms with E-state index in [4.69, 9.17) is 0 Å². The predicted molar refractivity (Wildman–Crippen MR) is 71.4 cm³/mol. The summed E-state index contributed by atoms with van der Waals surface area (Å²) in [5.41, 5.74) is 0. The molecule has 0 N–H and O–H groups in total. The van der Waals surface area contributed by atoms with E-state index in [1.54, 1.807) is 0 Å². The molecule has 140 valence electrons. The van der Waals surface area contributed by atoms with Crippen molar-refractivity contribution >= 4 is 17.8 Å². The van der Waals surface area contributed by atoms with Gasteiger partial charge in [-0.2, -0.15) is 0 Å². The number of imide groups is 1. The smallest absolute Gasteiger partial charge is 0.330 e. The number of rotatable bonds is 2. The maximum absolute atomic E-state index is 13.8. The lowest BCUT2D eigenvalue weighted by molar-refractivity contribution is -0.210. The maximum atomic E-state index is 13.8. The van der Waals surface area contributed by atoms with Crippen LogP contribution in [0.3, 0.4) is 0 Å². The lowest BCUT2D eigenvalue weighted by atomic mass is 9.81. The van der Waals surface area contributed by atoms with E-state index in [2.05, 4.69) is 4.84 Å². The molecule has 0 spiro atoms. The molecule has 1 saturated heterocycles. The van der Waals surface area contributed by atoms with Crippen LogP contribution in [0, 0.1) is 17.8 Å². The van der Waals surface area contributed by atoms with Crippen LogP contribution in [-0.4, -0.2) is 53.7 Å². The molecule has 0 radical (unpaired) electrons. The molecule has 6 atom stereocenters. The molecule has 2 saturated carbocycles. The first-order valence-corrected chi connectivity index (χ1v) is 8.05. The van der Waals surface area contributed by atoms with Crippen molar-refractivity contribution < 1.29 is 41.2 Å². The number of nitrogens with zero attached hydrogens (tertiary/aromatic N) is 1. The first kappa shape index (κ1) is 18.1. The highest BCUT2D eigenvalue weighted by atomic mass is 19.2. The molecular formula is C15H16F5NO4. The summed E-state index contributed by atoms with van der Waals surface area (Å²) < 4.78 is 67.6. The van der Waals surface area contributed by atoms with Crippen LogP contribution in [0.25, 0.3) is 0 Å². The van der Waals surface area contributed by atoms with E-state index in [0.717, 1.165) is 0 Å². The molecule has 0 bridgehead atoms. The molecule has 3 fully saturated rings. The highest BCUT2D eigenvalue weighted by molar-refractivity contribution is 6.04. The van der Waals surface area contributed by atoms with Gasteiger partial charge in [-0.15, -0.1) is 5.06 Å². The first-order valence-electron chi connectivity index (χ1n) is 8.05. The molecular weight excluding hydrogens is 353 g/mol. The Morgan fingerprint density at radius 1 is 0.800 bits per heavy atom. The summed E-state index contributed by atoms with van der Waals surface area (Å²) in [5, 5.41) is 0.129. The van der Waals surface area contributed by atoms with Gasteiger partial charge in [-0.25, -0.2) is 26.7 Å². The Hall–Kier alpha value is -1.74. The number of amides is 2. The van der Waals surface area contributed by atoms with Crippen molar-refractivity contribution in [2.75, 3.05) is 0 Å². The minimum Gasteiger partial charge on any atom is -0.330 e. The Balaban J connectivity index is 1.75. The molecule has 1 heterocycles. The minimum atomic E-state index is -3.05. The Kier molecular flexibility index (Phi) is 4.72. The van der Waals surface area contributed by atoms with Gasteiger partial charge in [0.1, 0.15) is 5.92 Å². The Morgan fingerprint density at radius 2 is 1.20 bits per heavy atom. The van der Waals surface area contributed by atoms with Gasteiger partial charge in [-0.1, -0.05) is 12.8 Å². The van der Waals surface area contributed by atoms with Crippen molar-refractivity contribution in [2.24, 2.45) is 17.8 Å². The van der Waals surface area contributed by atoms with E-state index in [0.29, 0.717) is 25.7 Å². The SMILES string of the molecule is O=C(ON1C(=O)C2CCCCC2C1=O)C1C(F)C(F)C(F)C(F)C1F. The summed E-state index contributed by atoms with van der Waals surface area (Å²) in [7, 11) is 0. The quantitative estimate of drug-likeness (QED) is 0.551. The van der Waals surface area contributed by atoms with Crippen LogP contribution < -0.4 is 0 Å². The van der Waals surface area contributed by atoms with Crippen LogP contribution >= 0.6 is 0 Å². The molecule has 1 aliphatic heterocycles. The Bertz CT molecular complexity index is 550. The molecule has 25 heavy (non-hydrogen) atoms. The van der Waals surface area contributed by atoms with Gasteiger partial charge in [0.25, 0.3) is 11.8 Å². The van der Waals surface area contributed by atoms with Gasteiger partial charge in [0, 0.05) is 0 Å². The highest BCUT2D eigenvalue weighted by Crippen LogP contribution is 2.40. The third kappa shape index (κ3) is 2.79. The van der Waals surface area contributed by atoms with E-state index >= 15 is 0 Å². The number of hydrogen-bond donors (Lipinski definition) is 0. The van der Waals surface area contributed by atoms with Crippen LogP contribution in [0.4, 0.5) is 22.0 Å². The van der Waals surface area contributed by atoms with E-state index in [1.165, 1.54) is 0 Å². The fourth-order valence-electron chi connectivity index (χ4n) is 3.73. The number of hydroxylamine groups is 2. The number of fused-ring (bicyclic) bond motifs is 1. The van der Waals surface area contributed by atoms with Crippen LogP contribution in [0.1, 0.15) is 25.7 Å². The van der Waals surface area contributed by atoms with Crippen LogP contribution in [0.15, 0.2) is 0 Å². The van der Waals surface area contributed by atoms with Crippen molar-refractivity contribution in [3.05, 3.63) is 0 Å².